The first-order chi connectivity index (χ1) is 13.9. The van der Waals surface area contributed by atoms with Crippen LogP contribution in [0, 0.1) is 11.8 Å². The Morgan fingerprint density at radius 3 is 2.41 bits per heavy atom. The van der Waals surface area contributed by atoms with Crippen LogP contribution < -0.4 is 32.7 Å². The second-order valence-electron chi connectivity index (χ2n) is 8.38. The first kappa shape index (κ1) is 20.4. The van der Waals surface area contributed by atoms with Gasteiger partial charge in [0.2, 0.25) is 0 Å². The van der Waals surface area contributed by atoms with E-state index in [-0.39, 0.29) is 5.92 Å². The van der Waals surface area contributed by atoms with E-state index >= 15 is 0 Å². The second kappa shape index (κ2) is 8.13. The molecule has 29 heavy (non-hydrogen) atoms. The number of nitrogens with two attached hydrogens (primary N) is 2. The van der Waals surface area contributed by atoms with Gasteiger partial charge in [0, 0.05) is 27.9 Å². The van der Waals surface area contributed by atoms with Gasteiger partial charge in [0.15, 0.2) is 5.79 Å². The lowest BCUT2D eigenvalue weighted by molar-refractivity contribution is 0.120. The van der Waals surface area contributed by atoms with Crippen LogP contribution in [-0.2, 0) is 5.79 Å². The van der Waals surface area contributed by atoms with Crippen LogP contribution >= 0.6 is 11.6 Å². The maximum atomic E-state index is 6.94. The van der Waals surface area contributed by atoms with E-state index in [1.165, 1.54) is 0 Å². The van der Waals surface area contributed by atoms with Crippen molar-refractivity contribution in [1.82, 2.24) is 10.6 Å². The van der Waals surface area contributed by atoms with Gasteiger partial charge in [-0.15, -0.1) is 0 Å². The Morgan fingerprint density at radius 2 is 1.72 bits per heavy atom. The Hall–Kier alpha value is -1.83. The number of hydrogen-bond donors (Lipinski definition) is 6. The monoisotopic (exact) mass is 414 g/mol. The average Bonchev–Trinajstić information content (AvgIpc) is 2.70. The summed E-state index contributed by atoms with van der Waals surface area (Å²) in [7, 11) is 2.02. The summed E-state index contributed by atoms with van der Waals surface area (Å²) >= 11 is 6.04. The van der Waals surface area contributed by atoms with E-state index in [1.807, 2.05) is 55.6 Å². The van der Waals surface area contributed by atoms with E-state index in [1.54, 1.807) is 0 Å². The number of fused-ring (bicyclic) bond motifs is 1. The third-order valence-corrected chi connectivity index (χ3v) is 6.52. The highest BCUT2D eigenvalue weighted by Gasteiger charge is 2.47. The number of hydrogen-bond acceptors (Lipinski definition) is 6. The molecule has 6 nitrogen and oxygen atoms in total. The topological polar surface area (TPSA) is 100 Å². The maximum absolute atomic E-state index is 6.94. The van der Waals surface area contributed by atoms with Crippen LogP contribution in [0.5, 0.6) is 0 Å². The van der Waals surface area contributed by atoms with Gasteiger partial charge in [-0.2, -0.15) is 0 Å². The lowest BCUT2D eigenvalue weighted by Gasteiger charge is -2.52. The highest BCUT2D eigenvalue weighted by atomic mass is 35.5. The molecule has 7 heteroatoms. The summed E-state index contributed by atoms with van der Waals surface area (Å²) in [5.41, 5.74) is 16.6. The van der Waals surface area contributed by atoms with Crippen molar-refractivity contribution in [3.63, 3.8) is 0 Å². The fourth-order valence-electron chi connectivity index (χ4n) is 4.76. The average molecular weight is 415 g/mol. The summed E-state index contributed by atoms with van der Waals surface area (Å²) in [5.74, 6) is -0.816. The molecule has 2 aromatic carbocycles. The van der Waals surface area contributed by atoms with Crippen LogP contribution in [-0.4, -0.2) is 19.4 Å². The molecule has 2 aromatic rings. The molecule has 1 saturated carbocycles. The molecule has 2 atom stereocenters. The Bertz CT molecular complexity index is 835. The molecule has 0 amide bonds. The summed E-state index contributed by atoms with van der Waals surface area (Å²) in [6.07, 6.45) is 4.44. The van der Waals surface area contributed by atoms with Gasteiger partial charge < -0.3 is 16.0 Å². The number of para-hydroxylation sites is 1. The molecule has 2 unspecified atom stereocenters. The highest BCUT2D eigenvalue weighted by molar-refractivity contribution is 6.30. The third-order valence-electron chi connectivity index (χ3n) is 6.27. The lowest BCUT2D eigenvalue weighted by atomic mass is 9.77. The van der Waals surface area contributed by atoms with Crippen molar-refractivity contribution in [2.45, 2.75) is 37.3 Å². The minimum absolute atomic E-state index is 0.277. The molecule has 0 saturated heterocycles. The molecule has 8 N–H and O–H groups in total. The summed E-state index contributed by atoms with van der Waals surface area (Å²) in [4.78, 5) is 0. The van der Waals surface area contributed by atoms with Crippen molar-refractivity contribution in [3.05, 3.63) is 59.1 Å². The van der Waals surface area contributed by atoms with Crippen molar-refractivity contribution in [2.24, 2.45) is 23.3 Å². The molecule has 4 rings (SSSR count). The van der Waals surface area contributed by atoms with Crippen molar-refractivity contribution < 1.29 is 0 Å². The minimum Gasteiger partial charge on any atom is -0.355 e. The minimum atomic E-state index is -1.01. The van der Waals surface area contributed by atoms with Crippen LogP contribution in [0.25, 0.3) is 0 Å². The summed E-state index contributed by atoms with van der Waals surface area (Å²) in [6, 6.07) is 15.6. The van der Waals surface area contributed by atoms with E-state index in [4.69, 9.17) is 23.1 Å². The SMILES string of the molecule is CNC[C@H]1CC[C@H](C2(N)Nc3ccccc3C(N)(Nc3ccc(Cl)cc3)N2)CC1. The van der Waals surface area contributed by atoms with E-state index in [2.05, 4.69) is 21.3 Å². The summed E-state index contributed by atoms with van der Waals surface area (Å²) in [6.45, 7) is 1.06. The predicted octanol–water partition coefficient (Wildman–Crippen LogP) is 3.17. The Kier molecular flexibility index (Phi) is 5.73. The number of halogens is 1. The second-order valence-corrected chi connectivity index (χ2v) is 8.82. The van der Waals surface area contributed by atoms with Gasteiger partial charge in [-0.1, -0.05) is 29.8 Å². The van der Waals surface area contributed by atoms with E-state index in [0.29, 0.717) is 10.9 Å². The molecular formula is C22H31ClN6. The van der Waals surface area contributed by atoms with Crippen LogP contribution in [0.3, 0.4) is 0 Å². The predicted molar refractivity (Wildman–Crippen MR) is 120 cm³/mol. The number of benzene rings is 2. The third kappa shape index (κ3) is 4.22. The smallest absolute Gasteiger partial charge is 0.173 e. The van der Waals surface area contributed by atoms with Gasteiger partial charge in [-0.05, 0) is 75.5 Å². The quantitative estimate of drug-likeness (QED) is 0.420. The first-order valence-corrected chi connectivity index (χ1v) is 10.7. The Labute approximate surface area is 177 Å². The van der Waals surface area contributed by atoms with Crippen molar-refractivity contribution in [3.8, 4) is 0 Å². The van der Waals surface area contributed by atoms with Crippen molar-refractivity contribution in [2.75, 3.05) is 24.2 Å². The van der Waals surface area contributed by atoms with Gasteiger partial charge in [0.25, 0.3) is 0 Å². The fourth-order valence-corrected chi connectivity index (χ4v) is 4.88. The normalized spacial score (nSPS) is 31.6. The zero-order chi connectivity index (χ0) is 20.5. The van der Waals surface area contributed by atoms with Crippen LogP contribution in [0.1, 0.15) is 31.2 Å². The largest absolute Gasteiger partial charge is 0.355 e. The van der Waals surface area contributed by atoms with Crippen LogP contribution in [0.4, 0.5) is 11.4 Å². The molecule has 1 aliphatic carbocycles. The molecule has 1 heterocycles. The fraction of sp³-hybridized carbons (Fsp3) is 0.455. The van der Waals surface area contributed by atoms with Gasteiger partial charge in [-0.25, -0.2) is 5.32 Å². The van der Waals surface area contributed by atoms with Crippen LogP contribution in [0.2, 0.25) is 5.02 Å². The molecular weight excluding hydrogens is 384 g/mol. The number of nitrogens with one attached hydrogen (secondary N) is 4. The molecule has 0 aromatic heterocycles. The lowest BCUT2D eigenvalue weighted by Crippen LogP contribution is -2.76. The molecule has 0 spiro atoms. The van der Waals surface area contributed by atoms with E-state index < -0.39 is 11.6 Å². The van der Waals surface area contributed by atoms with Gasteiger partial charge >= 0.3 is 0 Å². The summed E-state index contributed by atoms with van der Waals surface area (Å²) in [5, 5.41) is 14.5. The molecule has 156 valence electrons. The number of rotatable bonds is 5. The molecule has 1 fully saturated rings. The zero-order valence-corrected chi connectivity index (χ0v) is 17.6. The van der Waals surface area contributed by atoms with Crippen molar-refractivity contribution >= 4 is 23.0 Å². The standard InChI is InChI=1S/C22H31ClN6/c1-26-14-15-6-8-16(9-7-15)21(24)28-20-5-3-2-4-19(20)22(25,29-21)27-18-12-10-17(23)11-13-18/h2-5,10-13,15-16,26-29H,6-9,14,24-25H2,1H3/t15-,16-,21?,22?. The zero-order valence-electron chi connectivity index (χ0n) is 16.8. The van der Waals surface area contributed by atoms with Crippen LogP contribution in [0.15, 0.2) is 48.5 Å². The van der Waals surface area contributed by atoms with E-state index in [9.17, 15) is 0 Å². The Morgan fingerprint density at radius 1 is 1.03 bits per heavy atom. The molecule has 1 aliphatic heterocycles. The van der Waals surface area contributed by atoms with Gasteiger partial charge in [-0.3, -0.25) is 11.5 Å². The summed E-state index contributed by atoms with van der Waals surface area (Å²) < 4.78 is 0. The molecule has 0 radical (unpaired) electrons. The number of anilines is 2. The Balaban J connectivity index is 1.61. The molecule has 2 aliphatic rings. The maximum Gasteiger partial charge on any atom is 0.173 e. The highest BCUT2D eigenvalue weighted by Crippen LogP contribution is 2.40. The first-order valence-electron chi connectivity index (χ1n) is 10.3. The van der Waals surface area contributed by atoms with E-state index in [0.717, 1.165) is 49.2 Å². The molecule has 0 bridgehead atoms. The van der Waals surface area contributed by atoms with Crippen molar-refractivity contribution in [1.29, 1.82) is 0 Å². The van der Waals surface area contributed by atoms with Gasteiger partial charge in [0.1, 0.15) is 5.79 Å². The van der Waals surface area contributed by atoms with Gasteiger partial charge in [0.05, 0.1) is 0 Å².